The topological polar surface area (TPSA) is 52.7 Å². The minimum absolute atomic E-state index is 0.0713. The van der Waals surface area contributed by atoms with Gasteiger partial charge in [-0.3, -0.25) is 9.69 Å². The number of hydrogen-bond donors (Lipinski definition) is 1. The fourth-order valence-corrected chi connectivity index (χ4v) is 7.29. The number of hydrogen-bond acceptors (Lipinski definition) is 3. The van der Waals surface area contributed by atoms with E-state index in [0.717, 1.165) is 42.5 Å². The Morgan fingerprint density at radius 1 is 1.12 bits per heavy atom. The summed E-state index contributed by atoms with van der Waals surface area (Å²) in [4.78, 5) is 30.4. The molecule has 0 aromatic heterocycles. The highest BCUT2D eigenvalue weighted by Crippen LogP contribution is 2.60. The third kappa shape index (κ3) is 4.01. The van der Waals surface area contributed by atoms with Crippen LogP contribution in [-0.4, -0.2) is 34.2 Å². The zero-order valence-electron chi connectivity index (χ0n) is 19.1. The third-order valence-corrected chi connectivity index (χ3v) is 8.68. The molecule has 5 nitrogen and oxygen atoms in total. The minimum atomic E-state index is -1.11. The first-order chi connectivity index (χ1) is 15.8. The second-order valence-electron chi connectivity index (χ2n) is 9.91. The van der Waals surface area contributed by atoms with Crippen molar-refractivity contribution in [2.24, 2.45) is 0 Å². The van der Waals surface area contributed by atoms with Crippen LogP contribution in [0.3, 0.4) is 0 Å². The Hall–Kier alpha value is -2.18. The molecule has 7 heteroatoms. The van der Waals surface area contributed by atoms with Crippen molar-refractivity contribution < 1.29 is 9.59 Å². The predicted molar refractivity (Wildman–Crippen MR) is 135 cm³/mol. The van der Waals surface area contributed by atoms with Gasteiger partial charge in [-0.25, -0.2) is 4.79 Å². The van der Waals surface area contributed by atoms with Gasteiger partial charge in [-0.1, -0.05) is 61.2 Å². The van der Waals surface area contributed by atoms with Crippen molar-refractivity contribution in [2.45, 2.75) is 68.2 Å². The van der Waals surface area contributed by atoms with E-state index < -0.39 is 4.87 Å². The van der Waals surface area contributed by atoms with Crippen LogP contribution in [0, 0.1) is 0 Å². The van der Waals surface area contributed by atoms with Crippen LogP contribution >= 0.6 is 23.4 Å². The van der Waals surface area contributed by atoms with E-state index in [1.54, 1.807) is 16.7 Å². The van der Waals surface area contributed by atoms with Gasteiger partial charge in [-0.05, 0) is 50.5 Å². The van der Waals surface area contributed by atoms with Gasteiger partial charge < -0.3 is 10.2 Å². The van der Waals surface area contributed by atoms with Crippen molar-refractivity contribution in [3.8, 4) is 0 Å². The molecule has 1 aliphatic carbocycles. The molecule has 2 aromatic carbocycles. The van der Waals surface area contributed by atoms with E-state index in [4.69, 9.17) is 11.6 Å². The summed E-state index contributed by atoms with van der Waals surface area (Å²) in [6.07, 6.45) is 5.50. The summed E-state index contributed by atoms with van der Waals surface area (Å²) < 4.78 is -0.276. The molecule has 2 aliphatic heterocycles. The lowest BCUT2D eigenvalue weighted by Crippen LogP contribution is -2.55. The number of thioether (sulfide) groups is 1. The molecular formula is C26H30ClN3O2S. The highest BCUT2D eigenvalue weighted by atomic mass is 35.5. The zero-order valence-corrected chi connectivity index (χ0v) is 20.7. The number of nitrogens with zero attached hydrogens (tertiary/aromatic N) is 2. The lowest BCUT2D eigenvalue weighted by Gasteiger charge is -2.35. The first-order valence-corrected chi connectivity index (χ1v) is 12.9. The van der Waals surface area contributed by atoms with Crippen LogP contribution in [0.4, 0.5) is 10.5 Å². The van der Waals surface area contributed by atoms with Crippen molar-refractivity contribution in [2.75, 3.05) is 11.4 Å². The number of fused-ring (bicyclic) bond motifs is 2. The van der Waals surface area contributed by atoms with Gasteiger partial charge >= 0.3 is 6.03 Å². The molecule has 33 heavy (non-hydrogen) atoms. The predicted octanol–water partition coefficient (Wildman–Crippen LogP) is 5.91. The molecule has 0 radical (unpaired) electrons. The first-order valence-electron chi connectivity index (χ1n) is 11.7. The zero-order chi connectivity index (χ0) is 23.2. The molecule has 1 saturated heterocycles. The molecule has 2 aromatic rings. The Bertz CT molecular complexity index is 1070. The largest absolute Gasteiger partial charge is 0.335 e. The van der Waals surface area contributed by atoms with Crippen LogP contribution in [0.25, 0.3) is 0 Å². The second kappa shape index (κ2) is 8.55. The number of urea groups is 1. The van der Waals surface area contributed by atoms with Gasteiger partial charge in [0, 0.05) is 27.9 Å². The van der Waals surface area contributed by atoms with Crippen molar-refractivity contribution in [1.82, 2.24) is 10.2 Å². The Balaban J connectivity index is 1.55. The molecule has 0 unspecified atom stereocenters. The molecule has 1 spiro atoms. The summed E-state index contributed by atoms with van der Waals surface area (Å²) in [5.74, 6) is -0.0713. The average molecular weight is 484 g/mol. The Labute approximate surface area is 204 Å². The average Bonchev–Trinajstić information content (AvgIpc) is 3.21. The van der Waals surface area contributed by atoms with Gasteiger partial charge in [0.15, 0.2) is 4.87 Å². The number of amides is 3. The molecule has 0 bridgehead atoms. The molecule has 2 fully saturated rings. The van der Waals surface area contributed by atoms with Crippen molar-refractivity contribution in [3.63, 3.8) is 0 Å². The standard InChI is InChI=1S/C26H30ClN3O2S/c1-25(2)17-30(24(32)28-20-11-7-4-8-12-20)26(33-25)21-15-19(27)13-14-22(21)29(23(26)31)16-18-9-5-3-6-10-18/h3,5-6,9-10,13-15,20H,4,7-8,11-12,16-17H2,1-2H3,(H,28,32)/t26-/m0/s1. The van der Waals surface area contributed by atoms with Gasteiger partial charge in [-0.15, -0.1) is 11.8 Å². The molecule has 1 saturated carbocycles. The summed E-state index contributed by atoms with van der Waals surface area (Å²) in [7, 11) is 0. The molecular weight excluding hydrogens is 454 g/mol. The summed E-state index contributed by atoms with van der Waals surface area (Å²) in [5.41, 5.74) is 2.68. The summed E-state index contributed by atoms with van der Waals surface area (Å²) in [5, 5.41) is 3.82. The molecule has 1 N–H and O–H groups in total. The van der Waals surface area contributed by atoms with Crippen LogP contribution in [-0.2, 0) is 16.2 Å². The van der Waals surface area contributed by atoms with Crippen LogP contribution in [0.5, 0.6) is 0 Å². The van der Waals surface area contributed by atoms with Crippen LogP contribution < -0.4 is 10.2 Å². The summed E-state index contributed by atoms with van der Waals surface area (Å²) in [6, 6.07) is 15.6. The SMILES string of the molecule is CC1(C)CN(C(=O)NC2CCCCC2)[C@@]2(S1)C(=O)N(Cc1ccccc1)c1ccc(Cl)cc12. The molecule has 2 heterocycles. The van der Waals surface area contributed by atoms with Gasteiger partial charge in [0.25, 0.3) is 5.91 Å². The quantitative estimate of drug-likeness (QED) is 0.590. The molecule has 174 valence electrons. The molecule has 5 rings (SSSR count). The molecule has 3 aliphatic rings. The maximum absolute atomic E-state index is 14.2. The van der Waals surface area contributed by atoms with Gasteiger partial charge in [-0.2, -0.15) is 0 Å². The fraction of sp³-hybridized carbons (Fsp3) is 0.462. The van der Waals surface area contributed by atoms with E-state index in [2.05, 4.69) is 19.2 Å². The van der Waals surface area contributed by atoms with E-state index in [0.29, 0.717) is 18.1 Å². The van der Waals surface area contributed by atoms with Crippen LogP contribution in [0.1, 0.15) is 57.1 Å². The number of benzene rings is 2. The maximum Gasteiger partial charge on any atom is 0.319 e. The van der Waals surface area contributed by atoms with E-state index in [9.17, 15) is 9.59 Å². The first kappa shape index (κ1) is 22.6. The maximum atomic E-state index is 14.2. The van der Waals surface area contributed by atoms with Gasteiger partial charge in [0.1, 0.15) is 0 Å². The third-order valence-electron chi connectivity index (χ3n) is 6.85. The second-order valence-corrected chi connectivity index (χ2v) is 12.3. The number of halogens is 1. The van der Waals surface area contributed by atoms with Gasteiger partial charge in [0.2, 0.25) is 0 Å². The Kier molecular flexibility index (Phi) is 5.86. The highest BCUT2D eigenvalue weighted by Gasteiger charge is 2.63. The van der Waals surface area contributed by atoms with E-state index in [1.165, 1.54) is 6.42 Å². The normalized spacial score (nSPS) is 24.4. The number of carbonyl (C=O) groups is 2. The number of anilines is 1. The smallest absolute Gasteiger partial charge is 0.319 e. The van der Waals surface area contributed by atoms with Crippen LogP contribution in [0.2, 0.25) is 5.02 Å². The molecule has 3 amide bonds. The number of nitrogens with one attached hydrogen (secondary N) is 1. The van der Waals surface area contributed by atoms with E-state index in [1.807, 2.05) is 53.4 Å². The number of carbonyl (C=O) groups excluding carboxylic acids is 2. The molecule has 1 atom stereocenters. The summed E-state index contributed by atoms with van der Waals surface area (Å²) >= 11 is 8.00. The van der Waals surface area contributed by atoms with Crippen molar-refractivity contribution in [1.29, 1.82) is 0 Å². The highest BCUT2D eigenvalue weighted by molar-refractivity contribution is 8.02. The van der Waals surface area contributed by atoms with E-state index >= 15 is 0 Å². The van der Waals surface area contributed by atoms with Gasteiger partial charge in [0.05, 0.1) is 12.2 Å². The Morgan fingerprint density at radius 3 is 2.58 bits per heavy atom. The number of rotatable bonds is 3. The lowest BCUT2D eigenvalue weighted by atomic mass is 9.95. The van der Waals surface area contributed by atoms with E-state index in [-0.39, 0.29) is 22.7 Å². The lowest BCUT2D eigenvalue weighted by molar-refractivity contribution is -0.123. The summed E-state index contributed by atoms with van der Waals surface area (Å²) in [6.45, 7) is 5.15. The minimum Gasteiger partial charge on any atom is -0.335 e. The van der Waals surface area contributed by atoms with Crippen molar-refractivity contribution >= 4 is 41.0 Å². The van der Waals surface area contributed by atoms with Crippen molar-refractivity contribution in [3.05, 3.63) is 64.7 Å². The van der Waals surface area contributed by atoms with Crippen LogP contribution in [0.15, 0.2) is 48.5 Å². The fourth-order valence-electron chi connectivity index (χ4n) is 5.40. The Morgan fingerprint density at radius 2 is 1.85 bits per heavy atom. The monoisotopic (exact) mass is 483 g/mol.